The third-order valence-electron chi connectivity index (χ3n) is 2.81. The molecular formula is C13H20O4. The number of ether oxygens (including phenoxy) is 2. The predicted octanol–water partition coefficient (Wildman–Crippen LogP) is 1.82. The van der Waals surface area contributed by atoms with E-state index in [0.29, 0.717) is 18.6 Å². The second kappa shape index (κ2) is 6.47. The molecule has 0 aromatic heterocycles. The lowest BCUT2D eigenvalue weighted by molar-refractivity contribution is 0.148. The van der Waals surface area contributed by atoms with E-state index in [4.69, 9.17) is 14.6 Å². The van der Waals surface area contributed by atoms with Gasteiger partial charge in [0, 0.05) is 17.7 Å². The van der Waals surface area contributed by atoms with Crippen molar-refractivity contribution in [3.63, 3.8) is 0 Å². The van der Waals surface area contributed by atoms with E-state index in [-0.39, 0.29) is 6.61 Å². The van der Waals surface area contributed by atoms with Crippen LogP contribution in [0.5, 0.6) is 11.5 Å². The van der Waals surface area contributed by atoms with Crippen molar-refractivity contribution in [2.24, 2.45) is 0 Å². The van der Waals surface area contributed by atoms with Gasteiger partial charge in [0.25, 0.3) is 0 Å². The van der Waals surface area contributed by atoms with Gasteiger partial charge in [-0.3, -0.25) is 0 Å². The van der Waals surface area contributed by atoms with Crippen molar-refractivity contribution in [2.45, 2.75) is 25.9 Å². The molecule has 4 nitrogen and oxygen atoms in total. The van der Waals surface area contributed by atoms with E-state index in [9.17, 15) is 5.11 Å². The Morgan fingerprint density at radius 2 is 1.94 bits per heavy atom. The SMILES string of the molecule is COc1ccc(C(O)CCCO)c(OC)c1C. The highest BCUT2D eigenvalue weighted by atomic mass is 16.5. The molecule has 1 atom stereocenters. The van der Waals surface area contributed by atoms with Crippen LogP contribution in [0.3, 0.4) is 0 Å². The molecule has 0 aliphatic carbocycles. The number of aliphatic hydroxyl groups is 2. The Balaban J connectivity index is 3.03. The van der Waals surface area contributed by atoms with Crippen LogP contribution >= 0.6 is 0 Å². The Hall–Kier alpha value is -1.26. The molecule has 0 amide bonds. The van der Waals surface area contributed by atoms with Crippen molar-refractivity contribution in [1.82, 2.24) is 0 Å². The number of hydrogen-bond acceptors (Lipinski definition) is 4. The Morgan fingerprint density at radius 3 is 2.47 bits per heavy atom. The van der Waals surface area contributed by atoms with Crippen LogP contribution in [0.4, 0.5) is 0 Å². The first-order valence-corrected chi connectivity index (χ1v) is 5.66. The summed E-state index contributed by atoms with van der Waals surface area (Å²) in [5, 5.41) is 18.8. The Labute approximate surface area is 102 Å². The number of methoxy groups -OCH3 is 2. The molecule has 0 aliphatic heterocycles. The van der Waals surface area contributed by atoms with E-state index in [0.717, 1.165) is 16.9 Å². The largest absolute Gasteiger partial charge is 0.496 e. The van der Waals surface area contributed by atoms with Gasteiger partial charge < -0.3 is 19.7 Å². The van der Waals surface area contributed by atoms with Crippen LogP contribution in [0.2, 0.25) is 0 Å². The van der Waals surface area contributed by atoms with E-state index >= 15 is 0 Å². The second-order valence-corrected chi connectivity index (χ2v) is 3.90. The highest BCUT2D eigenvalue weighted by Crippen LogP contribution is 2.35. The van der Waals surface area contributed by atoms with Crippen molar-refractivity contribution in [3.05, 3.63) is 23.3 Å². The summed E-state index contributed by atoms with van der Waals surface area (Å²) in [6.45, 7) is 1.97. The molecule has 4 heteroatoms. The van der Waals surface area contributed by atoms with Gasteiger partial charge in [0.1, 0.15) is 11.5 Å². The van der Waals surface area contributed by atoms with Crippen LogP contribution in [-0.4, -0.2) is 31.0 Å². The lowest BCUT2D eigenvalue weighted by atomic mass is 10.0. The normalized spacial score (nSPS) is 12.3. The third-order valence-corrected chi connectivity index (χ3v) is 2.81. The molecule has 17 heavy (non-hydrogen) atoms. The zero-order valence-corrected chi connectivity index (χ0v) is 10.6. The fraction of sp³-hybridized carbons (Fsp3) is 0.538. The van der Waals surface area contributed by atoms with Crippen LogP contribution in [-0.2, 0) is 0 Å². The van der Waals surface area contributed by atoms with Gasteiger partial charge in [-0.2, -0.15) is 0 Å². The van der Waals surface area contributed by atoms with E-state index in [1.807, 2.05) is 13.0 Å². The first-order valence-electron chi connectivity index (χ1n) is 5.66. The molecule has 0 bridgehead atoms. The molecule has 1 rings (SSSR count). The van der Waals surface area contributed by atoms with Gasteiger partial charge in [-0.25, -0.2) is 0 Å². The summed E-state index contributed by atoms with van der Waals surface area (Å²) in [6.07, 6.45) is 0.454. The third kappa shape index (κ3) is 3.11. The Kier molecular flexibility index (Phi) is 5.25. The first kappa shape index (κ1) is 13.8. The van der Waals surface area contributed by atoms with Crippen molar-refractivity contribution in [1.29, 1.82) is 0 Å². The molecule has 96 valence electrons. The summed E-state index contributed by atoms with van der Waals surface area (Å²) in [4.78, 5) is 0. The second-order valence-electron chi connectivity index (χ2n) is 3.90. The summed E-state index contributed by atoms with van der Waals surface area (Å²) in [7, 11) is 3.17. The summed E-state index contributed by atoms with van der Waals surface area (Å²) in [5.41, 5.74) is 1.61. The van der Waals surface area contributed by atoms with Gasteiger partial charge in [0.05, 0.1) is 20.3 Å². The maximum Gasteiger partial charge on any atom is 0.131 e. The van der Waals surface area contributed by atoms with Crippen LogP contribution in [0.25, 0.3) is 0 Å². The molecule has 2 N–H and O–H groups in total. The number of hydrogen-bond donors (Lipinski definition) is 2. The molecule has 0 heterocycles. The summed E-state index contributed by atoms with van der Waals surface area (Å²) >= 11 is 0. The summed E-state index contributed by atoms with van der Waals surface area (Å²) in [6, 6.07) is 3.61. The van der Waals surface area contributed by atoms with E-state index in [2.05, 4.69) is 0 Å². The molecule has 1 aromatic rings. The topological polar surface area (TPSA) is 58.9 Å². The van der Waals surface area contributed by atoms with Crippen LogP contribution in [0.1, 0.15) is 30.1 Å². The first-order chi connectivity index (χ1) is 8.15. The Bertz CT molecular complexity index is 363. The summed E-state index contributed by atoms with van der Waals surface area (Å²) < 4.78 is 10.5. The van der Waals surface area contributed by atoms with Crippen LogP contribution < -0.4 is 9.47 Å². The fourth-order valence-electron chi connectivity index (χ4n) is 1.89. The maximum atomic E-state index is 10.0. The predicted molar refractivity (Wildman–Crippen MR) is 65.6 cm³/mol. The van der Waals surface area contributed by atoms with Gasteiger partial charge in [-0.1, -0.05) is 0 Å². The molecule has 1 aromatic carbocycles. The quantitative estimate of drug-likeness (QED) is 0.796. The minimum absolute atomic E-state index is 0.0779. The van der Waals surface area contributed by atoms with E-state index in [1.54, 1.807) is 20.3 Å². The van der Waals surface area contributed by atoms with Crippen molar-refractivity contribution in [2.75, 3.05) is 20.8 Å². The molecule has 0 aliphatic rings. The van der Waals surface area contributed by atoms with Gasteiger partial charge in [-0.05, 0) is 31.9 Å². The van der Waals surface area contributed by atoms with Crippen molar-refractivity contribution in [3.8, 4) is 11.5 Å². The van der Waals surface area contributed by atoms with Crippen LogP contribution in [0.15, 0.2) is 12.1 Å². The van der Waals surface area contributed by atoms with E-state index in [1.165, 1.54) is 0 Å². The monoisotopic (exact) mass is 240 g/mol. The molecule has 1 unspecified atom stereocenters. The smallest absolute Gasteiger partial charge is 0.131 e. The molecule has 0 saturated carbocycles. The highest BCUT2D eigenvalue weighted by molar-refractivity contribution is 5.50. The number of aliphatic hydroxyl groups excluding tert-OH is 2. The number of benzene rings is 1. The Morgan fingerprint density at radius 1 is 1.24 bits per heavy atom. The molecular weight excluding hydrogens is 220 g/mol. The standard InChI is InChI=1S/C13H20O4/c1-9-12(16-2)7-6-10(13(9)17-3)11(15)5-4-8-14/h6-7,11,14-15H,4-5,8H2,1-3H3. The lowest BCUT2D eigenvalue weighted by Crippen LogP contribution is -2.04. The van der Waals surface area contributed by atoms with Gasteiger partial charge >= 0.3 is 0 Å². The minimum Gasteiger partial charge on any atom is -0.496 e. The van der Waals surface area contributed by atoms with Crippen molar-refractivity contribution >= 4 is 0 Å². The van der Waals surface area contributed by atoms with Gasteiger partial charge in [-0.15, -0.1) is 0 Å². The zero-order valence-electron chi connectivity index (χ0n) is 10.6. The van der Waals surface area contributed by atoms with Gasteiger partial charge in [0.2, 0.25) is 0 Å². The fourth-order valence-corrected chi connectivity index (χ4v) is 1.89. The average molecular weight is 240 g/mol. The molecule has 0 spiro atoms. The zero-order chi connectivity index (χ0) is 12.8. The van der Waals surface area contributed by atoms with Crippen molar-refractivity contribution < 1.29 is 19.7 Å². The average Bonchev–Trinajstić information content (AvgIpc) is 2.35. The molecule has 0 radical (unpaired) electrons. The summed E-state index contributed by atoms with van der Waals surface area (Å²) in [5.74, 6) is 1.38. The maximum absolute atomic E-state index is 10.0. The highest BCUT2D eigenvalue weighted by Gasteiger charge is 2.17. The molecule has 0 fully saturated rings. The van der Waals surface area contributed by atoms with E-state index < -0.39 is 6.10 Å². The number of rotatable bonds is 6. The minimum atomic E-state index is -0.623. The molecule has 0 saturated heterocycles. The lowest BCUT2D eigenvalue weighted by Gasteiger charge is -2.18. The van der Waals surface area contributed by atoms with Gasteiger partial charge in [0.15, 0.2) is 0 Å². The van der Waals surface area contributed by atoms with Crippen LogP contribution in [0, 0.1) is 6.92 Å².